The zero-order valence-electron chi connectivity index (χ0n) is 9.13. The molecule has 0 fully saturated rings. The van der Waals surface area contributed by atoms with Gasteiger partial charge in [0.1, 0.15) is 0 Å². The van der Waals surface area contributed by atoms with Crippen LogP contribution in [0.15, 0.2) is 18.2 Å². The van der Waals surface area contributed by atoms with E-state index in [0.29, 0.717) is 21.3 Å². The first-order valence-electron chi connectivity index (χ1n) is 5.01. The van der Waals surface area contributed by atoms with Crippen molar-refractivity contribution < 1.29 is 4.79 Å². The molecule has 17 heavy (non-hydrogen) atoms. The number of carbonyl (C=O) groups is 1. The summed E-state index contributed by atoms with van der Waals surface area (Å²) in [6.07, 6.45) is 0.107. The summed E-state index contributed by atoms with van der Waals surface area (Å²) in [6, 6.07) is 5.25. The predicted octanol–water partition coefficient (Wildman–Crippen LogP) is 2.88. The Morgan fingerprint density at radius 3 is 2.71 bits per heavy atom. The van der Waals surface area contributed by atoms with Crippen molar-refractivity contribution in [3.63, 3.8) is 0 Å². The quantitative estimate of drug-likeness (QED) is 0.911. The third-order valence-electron chi connectivity index (χ3n) is 2.45. The van der Waals surface area contributed by atoms with Gasteiger partial charge in [-0.1, -0.05) is 23.2 Å². The first-order chi connectivity index (χ1) is 7.97. The molecule has 0 aliphatic heterocycles. The van der Waals surface area contributed by atoms with Crippen LogP contribution in [-0.4, -0.2) is 10.9 Å². The summed E-state index contributed by atoms with van der Waals surface area (Å²) < 4.78 is 0. The van der Waals surface area contributed by atoms with Crippen molar-refractivity contribution in [1.82, 2.24) is 4.98 Å². The number of halogens is 2. The van der Waals surface area contributed by atoms with Gasteiger partial charge >= 0.3 is 0 Å². The Balaban J connectivity index is 2.68. The Labute approximate surface area is 109 Å². The SMILES string of the molecule is Cc1cc(CC(N)=O)nc2c(Cl)cc(Cl)cc12. The zero-order valence-corrected chi connectivity index (χ0v) is 10.6. The van der Waals surface area contributed by atoms with Crippen molar-refractivity contribution in [2.45, 2.75) is 13.3 Å². The van der Waals surface area contributed by atoms with Crippen LogP contribution in [0, 0.1) is 6.92 Å². The average molecular weight is 269 g/mol. The molecule has 0 aliphatic rings. The van der Waals surface area contributed by atoms with E-state index < -0.39 is 5.91 Å². The molecule has 0 aliphatic carbocycles. The largest absolute Gasteiger partial charge is 0.369 e. The molecule has 2 aromatic rings. The number of nitrogens with two attached hydrogens (primary N) is 1. The number of hydrogen-bond donors (Lipinski definition) is 1. The van der Waals surface area contributed by atoms with Gasteiger partial charge in [0.15, 0.2) is 0 Å². The van der Waals surface area contributed by atoms with Crippen molar-refractivity contribution in [2.24, 2.45) is 5.73 Å². The summed E-state index contributed by atoms with van der Waals surface area (Å²) in [7, 11) is 0. The van der Waals surface area contributed by atoms with Crippen molar-refractivity contribution in [3.8, 4) is 0 Å². The van der Waals surface area contributed by atoms with E-state index in [1.807, 2.05) is 13.0 Å². The van der Waals surface area contributed by atoms with Crippen LogP contribution in [0.2, 0.25) is 10.0 Å². The molecule has 1 amide bonds. The van der Waals surface area contributed by atoms with Gasteiger partial charge in [0.25, 0.3) is 0 Å². The van der Waals surface area contributed by atoms with Gasteiger partial charge in [0.05, 0.1) is 22.7 Å². The lowest BCUT2D eigenvalue weighted by Crippen LogP contribution is -2.14. The molecule has 0 radical (unpaired) electrons. The predicted molar refractivity (Wildman–Crippen MR) is 69.4 cm³/mol. The fraction of sp³-hybridized carbons (Fsp3) is 0.167. The highest BCUT2D eigenvalue weighted by Crippen LogP contribution is 2.29. The Morgan fingerprint density at radius 2 is 2.06 bits per heavy atom. The van der Waals surface area contributed by atoms with E-state index >= 15 is 0 Å². The summed E-state index contributed by atoms with van der Waals surface area (Å²) in [5, 5.41) is 1.92. The second-order valence-corrected chi connectivity index (χ2v) is 4.70. The number of hydrogen-bond acceptors (Lipinski definition) is 2. The van der Waals surface area contributed by atoms with Gasteiger partial charge in [-0.05, 0) is 30.7 Å². The zero-order chi connectivity index (χ0) is 12.6. The minimum atomic E-state index is -0.415. The van der Waals surface area contributed by atoms with E-state index in [1.165, 1.54) is 0 Å². The highest BCUT2D eigenvalue weighted by Gasteiger charge is 2.09. The summed E-state index contributed by atoms with van der Waals surface area (Å²) in [5.41, 5.74) is 7.38. The molecule has 5 heteroatoms. The van der Waals surface area contributed by atoms with Crippen LogP contribution in [0.5, 0.6) is 0 Å². The van der Waals surface area contributed by atoms with E-state index in [9.17, 15) is 4.79 Å². The van der Waals surface area contributed by atoms with Crippen molar-refractivity contribution >= 4 is 40.0 Å². The third-order valence-corrected chi connectivity index (χ3v) is 2.95. The van der Waals surface area contributed by atoms with Gasteiger partial charge in [0, 0.05) is 10.4 Å². The van der Waals surface area contributed by atoms with Gasteiger partial charge in [-0.25, -0.2) is 0 Å². The van der Waals surface area contributed by atoms with Crippen molar-refractivity contribution in [2.75, 3.05) is 0 Å². The molecule has 1 aromatic carbocycles. The van der Waals surface area contributed by atoms with Gasteiger partial charge < -0.3 is 5.73 Å². The molecule has 2 rings (SSSR count). The van der Waals surface area contributed by atoms with Crippen LogP contribution in [0.4, 0.5) is 0 Å². The van der Waals surface area contributed by atoms with Crippen molar-refractivity contribution in [3.05, 3.63) is 39.5 Å². The molecule has 0 saturated heterocycles. The first-order valence-corrected chi connectivity index (χ1v) is 5.76. The number of benzene rings is 1. The fourth-order valence-corrected chi connectivity index (χ4v) is 2.29. The molecule has 2 N–H and O–H groups in total. The summed E-state index contributed by atoms with van der Waals surface area (Å²) >= 11 is 12.0. The number of aryl methyl sites for hydroxylation is 1. The molecule has 1 aromatic heterocycles. The molecule has 0 saturated carbocycles. The molecule has 3 nitrogen and oxygen atoms in total. The van der Waals surface area contributed by atoms with Crippen LogP contribution < -0.4 is 5.73 Å². The molecule has 1 heterocycles. The summed E-state index contributed by atoms with van der Waals surface area (Å²) in [6.45, 7) is 1.92. The number of rotatable bonds is 2. The third kappa shape index (κ3) is 2.51. The Morgan fingerprint density at radius 1 is 1.35 bits per heavy atom. The standard InChI is InChI=1S/C12H10Cl2N2O/c1-6-2-8(5-11(15)17)16-12-9(6)3-7(13)4-10(12)14/h2-4H,5H2,1H3,(H2,15,17). The Bertz CT molecular complexity index is 611. The monoisotopic (exact) mass is 268 g/mol. The molecule has 0 atom stereocenters. The minimum Gasteiger partial charge on any atom is -0.369 e. The van der Waals surface area contributed by atoms with E-state index in [4.69, 9.17) is 28.9 Å². The average Bonchev–Trinajstić information content (AvgIpc) is 2.19. The minimum absolute atomic E-state index is 0.107. The molecule has 0 unspecified atom stereocenters. The van der Waals surface area contributed by atoms with Gasteiger partial charge in [-0.3, -0.25) is 9.78 Å². The number of primary amides is 1. The lowest BCUT2D eigenvalue weighted by atomic mass is 10.1. The smallest absolute Gasteiger partial charge is 0.223 e. The molecule has 0 spiro atoms. The molecule has 88 valence electrons. The van der Waals surface area contributed by atoms with E-state index in [0.717, 1.165) is 10.9 Å². The molecule has 0 bridgehead atoms. The summed E-state index contributed by atoms with van der Waals surface area (Å²) in [4.78, 5) is 15.2. The second-order valence-electron chi connectivity index (χ2n) is 3.86. The first kappa shape index (κ1) is 12.1. The highest BCUT2D eigenvalue weighted by molar-refractivity contribution is 6.38. The van der Waals surface area contributed by atoms with Crippen LogP contribution in [0.1, 0.15) is 11.3 Å². The van der Waals surface area contributed by atoms with E-state index in [1.54, 1.807) is 12.1 Å². The van der Waals surface area contributed by atoms with Crippen LogP contribution in [-0.2, 0) is 11.2 Å². The van der Waals surface area contributed by atoms with Gasteiger partial charge in [0.2, 0.25) is 5.91 Å². The maximum atomic E-state index is 10.9. The van der Waals surface area contributed by atoms with Gasteiger partial charge in [-0.2, -0.15) is 0 Å². The Hall–Kier alpha value is -1.32. The second kappa shape index (κ2) is 4.51. The van der Waals surface area contributed by atoms with E-state index in [2.05, 4.69) is 4.98 Å². The lowest BCUT2D eigenvalue weighted by Gasteiger charge is -2.07. The van der Waals surface area contributed by atoms with E-state index in [-0.39, 0.29) is 6.42 Å². The lowest BCUT2D eigenvalue weighted by molar-refractivity contribution is -0.117. The summed E-state index contributed by atoms with van der Waals surface area (Å²) in [5.74, 6) is -0.415. The van der Waals surface area contributed by atoms with Crippen LogP contribution in [0.3, 0.4) is 0 Å². The number of fused-ring (bicyclic) bond motifs is 1. The Kier molecular flexibility index (Phi) is 3.22. The topological polar surface area (TPSA) is 56.0 Å². The number of carbonyl (C=O) groups excluding carboxylic acids is 1. The van der Waals surface area contributed by atoms with Crippen molar-refractivity contribution in [1.29, 1.82) is 0 Å². The van der Waals surface area contributed by atoms with Gasteiger partial charge in [-0.15, -0.1) is 0 Å². The number of amides is 1. The molecular formula is C12H10Cl2N2O. The number of pyridine rings is 1. The highest BCUT2D eigenvalue weighted by atomic mass is 35.5. The number of aromatic nitrogens is 1. The van der Waals surface area contributed by atoms with Crippen LogP contribution >= 0.6 is 23.2 Å². The molecular weight excluding hydrogens is 259 g/mol. The maximum absolute atomic E-state index is 10.9. The number of nitrogens with zero attached hydrogens (tertiary/aromatic N) is 1. The maximum Gasteiger partial charge on any atom is 0.223 e. The van der Waals surface area contributed by atoms with Crippen LogP contribution in [0.25, 0.3) is 10.9 Å². The normalized spacial score (nSPS) is 10.8. The fourth-order valence-electron chi connectivity index (χ4n) is 1.75.